The lowest BCUT2D eigenvalue weighted by atomic mass is 10.4. The maximum Gasteiger partial charge on any atom is 0.329 e. The quantitative estimate of drug-likeness (QED) is 0.302. The Labute approximate surface area is 77.6 Å². The third kappa shape index (κ3) is 4.32. The van der Waals surface area contributed by atoms with Crippen LogP contribution in [0.3, 0.4) is 0 Å². The van der Waals surface area contributed by atoms with E-state index in [4.69, 9.17) is 0 Å². The Balaban J connectivity index is 3.96. The van der Waals surface area contributed by atoms with Gasteiger partial charge in [0.05, 0.1) is 6.17 Å². The molecule has 0 aliphatic carbocycles. The van der Waals surface area contributed by atoms with Crippen LogP contribution in [0.2, 0.25) is 0 Å². The molecule has 0 bridgehead atoms. The summed E-state index contributed by atoms with van der Waals surface area (Å²) in [6.45, 7) is 1.91. The van der Waals surface area contributed by atoms with Gasteiger partial charge in [-0.25, -0.2) is 9.80 Å². The van der Waals surface area contributed by atoms with Gasteiger partial charge in [-0.05, 0) is 6.42 Å². The molecule has 0 aliphatic heterocycles. The molecule has 76 valence electrons. The lowest BCUT2D eigenvalue weighted by molar-refractivity contribution is -0.111. The normalized spacial score (nSPS) is 12.0. The number of hydrazine groups is 1. The monoisotopic (exact) mass is 188 g/mol. The molecule has 3 amide bonds. The summed E-state index contributed by atoms with van der Waals surface area (Å²) in [6, 6.07) is -0.311. The number of carbonyl (C=O) groups is 2. The first-order valence-electron chi connectivity index (χ1n) is 4.06. The van der Waals surface area contributed by atoms with Gasteiger partial charge >= 0.3 is 6.03 Å². The molecule has 0 radical (unpaired) electrons. The summed E-state index contributed by atoms with van der Waals surface area (Å²) in [4.78, 5) is 21.0. The molecule has 6 heteroatoms. The highest BCUT2D eigenvalue weighted by Crippen LogP contribution is 1.92. The van der Waals surface area contributed by atoms with Crippen LogP contribution in [-0.4, -0.2) is 37.7 Å². The van der Waals surface area contributed by atoms with Crippen LogP contribution in [0.15, 0.2) is 0 Å². The van der Waals surface area contributed by atoms with Gasteiger partial charge in [-0.2, -0.15) is 0 Å². The van der Waals surface area contributed by atoms with Crippen molar-refractivity contribution in [3.05, 3.63) is 0 Å². The summed E-state index contributed by atoms with van der Waals surface area (Å²) in [6.07, 6.45) is 1.13. The van der Waals surface area contributed by atoms with Gasteiger partial charge in [0.25, 0.3) is 0 Å². The Kier molecular flexibility index (Phi) is 5.62. The zero-order chi connectivity index (χ0) is 10.3. The number of nitrogens with zero attached hydrogens (tertiary/aromatic N) is 1. The van der Waals surface area contributed by atoms with Crippen molar-refractivity contribution in [3.63, 3.8) is 0 Å². The van der Waals surface area contributed by atoms with Crippen molar-refractivity contribution in [2.75, 3.05) is 14.1 Å². The van der Waals surface area contributed by atoms with Gasteiger partial charge in [0.2, 0.25) is 6.41 Å². The van der Waals surface area contributed by atoms with Gasteiger partial charge in [-0.3, -0.25) is 10.2 Å². The van der Waals surface area contributed by atoms with E-state index in [0.717, 1.165) is 0 Å². The van der Waals surface area contributed by atoms with Crippen LogP contribution in [0.1, 0.15) is 13.3 Å². The molecule has 3 N–H and O–H groups in total. The zero-order valence-corrected chi connectivity index (χ0v) is 8.13. The molecular weight excluding hydrogens is 172 g/mol. The van der Waals surface area contributed by atoms with E-state index in [1.807, 2.05) is 6.92 Å². The zero-order valence-electron chi connectivity index (χ0n) is 8.13. The maximum absolute atomic E-state index is 10.9. The van der Waals surface area contributed by atoms with Crippen LogP contribution in [0.25, 0.3) is 0 Å². The Morgan fingerprint density at radius 3 is 2.62 bits per heavy atom. The smallest absolute Gasteiger partial charge is 0.329 e. The predicted octanol–water partition coefficient (Wildman–Crippen LogP) is -0.756. The molecule has 0 aromatic carbocycles. The van der Waals surface area contributed by atoms with Crippen LogP contribution in [0.5, 0.6) is 0 Å². The van der Waals surface area contributed by atoms with Crippen molar-refractivity contribution >= 4 is 12.4 Å². The average Bonchev–Trinajstić information content (AvgIpc) is 2.13. The molecule has 0 saturated heterocycles. The topological polar surface area (TPSA) is 73.5 Å². The average molecular weight is 188 g/mol. The fourth-order valence-corrected chi connectivity index (χ4v) is 0.876. The van der Waals surface area contributed by atoms with Gasteiger partial charge in [-0.15, -0.1) is 0 Å². The Hall–Kier alpha value is -1.30. The molecule has 13 heavy (non-hydrogen) atoms. The van der Waals surface area contributed by atoms with E-state index >= 15 is 0 Å². The lowest BCUT2D eigenvalue weighted by Crippen LogP contribution is -2.53. The van der Waals surface area contributed by atoms with E-state index in [1.165, 1.54) is 12.1 Å². The van der Waals surface area contributed by atoms with Crippen molar-refractivity contribution in [1.29, 1.82) is 0 Å². The van der Waals surface area contributed by atoms with E-state index in [1.54, 1.807) is 7.05 Å². The van der Waals surface area contributed by atoms with Gasteiger partial charge in [0.15, 0.2) is 0 Å². The minimum absolute atomic E-state index is 0.185. The molecule has 0 saturated carbocycles. The summed E-state index contributed by atoms with van der Waals surface area (Å²) in [5.74, 6) is 0. The van der Waals surface area contributed by atoms with Crippen LogP contribution in [0, 0.1) is 0 Å². The predicted molar refractivity (Wildman–Crippen MR) is 48.6 cm³/mol. The number of hydrogen-bond donors (Lipinski definition) is 3. The van der Waals surface area contributed by atoms with Crippen molar-refractivity contribution < 1.29 is 9.59 Å². The van der Waals surface area contributed by atoms with Crippen molar-refractivity contribution in [2.24, 2.45) is 0 Å². The van der Waals surface area contributed by atoms with Crippen molar-refractivity contribution in [1.82, 2.24) is 21.1 Å². The molecular formula is C7H16N4O2. The molecule has 0 spiro atoms. The molecule has 0 aliphatic rings. The first-order valence-corrected chi connectivity index (χ1v) is 4.06. The van der Waals surface area contributed by atoms with E-state index < -0.39 is 0 Å². The number of rotatable bonds is 5. The third-order valence-electron chi connectivity index (χ3n) is 1.62. The van der Waals surface area contributed by atoms with E-state index in [2.05, 4.69) is 16.1 Å². The van der Waals surface area contributed by atoms with Crippen LogP contribution in [-0.2, 0) is 4.79 Å². The number of hydrogen-bond acceptors (Lipinski definition) is 3. The second kappa shape index (κ2) is 6.24. The number of nitrogens with one attached hydrogen (secondary N) is 3. The first-order chi connectivity index (χ1) is 6.15. The molecule has 0 rings (SSSR count). The Morgan fingerprint density at radius 2 is 2.23 bits per heavy atom. The number of carbonyl (C=O) groups excluding carboxylic acids is 2. The van der Waals surface area contributed by atoms with Gasteiger partial charge in [0.1, 0.15) is 0 Å². The lowest BCUT2D eigenvalue weighted by Gasteiger charge is -2.26. The van der Waals surface area contributed by atoms with Crippen molar-refractivity contribution in [2.45, 2.75) is 19.5 Å². The van der Waals surface area contributed by atoms with Gasteiger partial charge in [-0.1, -0.05) is 6.92 Å². The fraction of sp³-hybridized carbons (Fsp3) is 0.714. The molecule has 1 atom stereocenters. The van der Waals surface area contributed by atoms with Crippen LogP contribution < -0.4 is 16.1 Å². The van der Waals surface area contributed by atoms with Crippen molar-refractivity contribution in [3.8, 4) is 0 Å². The van der Waals surface area contributed by atoms with Gasteiger partial charge < -0.3 is 10.6 Å². The Bertz CT molecular complexity index is 174. The standard InChI is InChI=1S/C7H16N4O2/c1-4-6(9-5-12)11(3)10-7(13)8-2/h5-6H,4H2,1-3H3,(H,9,12)(H2,8,10,13). The highest BCUT2D eigenvalue weighted by atomic mass is 16.2. The SMILES string of the molecule is CCC(NC=O)N(C)NC(=O)NC. The largest absolute Gasteiger partial charge is 0.342 e. The number of urea groups is 1. The molecule has 0 aromatic heterocycles. The van der Waals surface area contributed by atoms with E-state index in [9.17, 15) is 9.59 Å². The summed E-state index contributed by atoms with van der Waals surface area (Å²) in [5, 5.41) is 6.51. The first kappa shape index (κ1) is 11.7. The molecule has 0 aromatic rings. The second-order valence-corrected chi connectivity index (χ2v) is 2.51. The van der Waals surface area contributed by atoms with Crippen LogP contribution in [0.4, 0.5) is 4.79 Å². The van der Waals surface area contributed by atoms with E-state index in [-0.39, 0.29) is 12.2 Å². The number of amides is 3. The molecule has 1 unspecified atom stereocenters. The molecule has 0 heterocycles. The second-order valence-electron chi connectivity index (χ2n) is 2.51. The highest BCUT2D eigenvalue weighted by Gasteiger charge is 2.12. The minimum Gasteiger partial charge on any atom is -0.342 e. The summed E-state index contributed by atoms with van der Waals surface area (Å²) < 4.78 is 0. The van der Waals surface area contributed by atoms with E-state index in [0.29, 0.717) is 12.8 Å². The summed E-state index contributed by atoms with van der Waals surface area (Å²) in [5.41, 5.74) is 2.53. The Morgan fingerprint density at radius 1 is 1.62 bits per heavy atom. The summed E-state index contributed by atoms with van der Waals surface area (Å²) in [7, 11) is 3.21. The molecule has 0 fully saturated rings. The van der Waals surface area contributed by atoms with Gasteiger partial charge in [0, 0.05) is 14.1 Å². The summed E-state index contributed by atoms with van der Waals surface area (Å²) >= 11 is 0. The maximum atomic E-state index is 10.9. The highest BCUT2D eigenvalue weighted by molar-refractivity contribution is 5.72. The third-order valence-corrected chi connectivity index (χ3v) is 1.62. The minimum atomic E-state index is -0.311. The fourth-order valence-electron chi connectivity index (χ4n) is 0.876. The molecule has 6 nitrogen and oxygen atoms in total. The van der Waals surface area contributed by atoms with Crippen LogP contribution >= 0.6 is 0 Å².